The van der Waals surface area contributed by atoms with E-state index < -0.39 is 0 Å². The van der Waals surface area contributed by atoms with Crippen LogP contribution in [0, 0.1) is 0 Å². The third-order valence-corrected chi connectivity index (χ3v) is 3.31. The summed E-state index contributed by atoms with van der Waals surface area (Å²) in [5, 5.41) is 0.704. The lowest BCUT2D eigenvalue weighted by Crippen LogP contribution is -2.37. The largest absolute Gasteiger partial charge is 0.393 e. The minimum absolute atomic E-state index is 0.0470. The molecule has 1 rings (SSSR count). The highest BCUT2D eigenvalue weighted by Gasteiger charge is 2.12. The van der Waals surface area contributed by atoms with Gasteiger partial charge in [-0.05, 0) is 24.7 Å². The quantitative estimate of drug-likeness (QED) is 0.781. The number of benzene rings is 1. The van der Waals surface area contributed by atoms with E-state index in [2.05, 4.69) is 0 Å². The van der Waals surface area contributed by atoms with E-state index in [4.69, 9.17) is 29.6 Å². The first-order valence-corrected chi connectivity index (χ1v) is 7.12. The zero-order chi connectivity index (χ0) is 15.1. The van der Waals surface area contributed by atoms with Crippen molar-refractivity contribution in [3.8, 4) is 0 Å². The molecule has 2 N–H and O–H groups in total. The molecule has 0 bridgehead atoms. The first-order valence-electron chi connectivity index (χ1n) is 6.33. The molecule has 0 heterocycles. The van der Waals surface area contributed by atoms with Crippen LogP contribution in [0.5, 0.6) is 0 Å². The second-order valence-electron chi connectivity index (χ2n) is 4.83. The Morgan fingerprint density at radius 1 is 1.40 bits per heavy atom. The lowest BCUT2D eigenvalue weighted by Gasteiger charge is -2.21. The Balaban J connectivity index is 2.43. The highest BCUT2D eigenvalue weighted by molar-refractivity contribution is 7.80. The Kier molecular flexibility index (Phi) is 6.91. The van der Waals surface area contributed by atoms with E-state index >= 15 is 0 Å². The van der Waals surface area contributed by atoms with Crippen molar-refractivity contribution in [2.75, 3.05) is 27.2 Å². The van der Waals surface area contributed by atoms with Crippen molar-refractivity contribution in [3.63, 3.8) is 0 Å². The van der Waals surface area contributed by atoms with Gasteiger partial charge in [0.25, 0.3) is 0 Å². The molecule has 0 unspecified atom stereocenters. The number of hydrogen-bond acceptors (Lipinski definition) is 3. The maximum atomic E-state index is 12.0. The van der Waals surface area contributed by atoms with Crippen molar-refractivity contribution in [3.05, 3.63) is 34.9 Å². The summed E-state index contributed by atoms with van der Waals surface area (Å²) in [5.41, 5.74) is 6.51. The van der Waals surface area contributed by atoms with Gasteiger partial charge in [0.15, 0.2) is 0 Å². The van der Waals surface area contributed by atoms with Crippen LogP contribution in [0.2, 0.25) is 5.02 Å². The van der Waals surface area contributed by atoms with Gasteiger partial charge in [-0.3, -0.25) is 9.69 Å². The molecule has 0 saturated carbocycles. The first kappa shape index (κ1) is 16.9. The maximum Gasteiger partial charge on any atom is 0.236 e. The molecule has 0 aliphatic carbocycles. The standard InChI is InChI=1S/C14H20ClN3OS/c1-17(9-11-4-3-5-12(15)8-11)10-14(19)18(2)7-6-13(16)20/h3-5,8H,6-7,9-10H2,1-2H3,(H2,16,20). The van der Waals surface area contributed by atoms with Gasteiger partial charge >= 0.3 is 0 Å². The van der Waals surface area contributed by atoms with Gasteiger partial charge in [0.2, 0.25) is 5.91 Å². The molecule has 1 amide bonds. The molecule has 0 aliphatic rings. The summed E-state index contributed by atoms with van der Waals surface area (Å²) in [6, 6.07) is 7.63. The van der Waals surface area contributed by atoms with E-state index in [0.29, 0.717) is 36.1 Å². The normalized spacial score (nSPS) is 10.6. The molecule has 1 aromatic rings. The monoisotopic (exact) mass is 313 g/mol. The van der Waals surface area contributed by atoms with Crippen LogP contribution in [-0.4, -0.2) is 47.9 Å². The van der Waals surface area contributed by atoms with E-state index in [-0.39, 0.29) is 5.91 Å². The highest BCUT2D eigenvalue weighted by Crippen LogP contribution is 2.12. The van der Waals surface area contributed by atoms with Crippen LogP contribution in [-0.2, 0) is 11.3 Å². The minimum Gasteiger partial charge on any atom is -0.393 e. The van der Waals surface area contributed by atoms with Crippen molar-refractivity contribution in [1.82, 2.24) is 9.80 Å². The number of nitrogens with two attached hydrogens (primary N) is 1. The molecular formula is C14H20ClN3OS. The molecule has 0 atom stereocenters. The van der Waals surface area contributed by atoms with E-state index in [9.17, 15) is 4.79 Å². The highest BCUT2D eigenvalue weighted by atomic mass is 35.5. The van der Waals surface area contributed by atoms with Gasteiger partial charge in [0.05, 0.1) is 11.5 Å². The Hall–Kier alpha value is -1.17. The molecular weight excluding hydrogens is 294 g/mol. The van der Waals surface area contributed by atoms with Crippen LogP contribution in [0.4, 0.5) is 0 Å². The molecule has 0 saturated heterocycles. The van der Waals surface area contributed by atoms with E-state index in [1.807, 2.05) is 36.2 Å². The predicted molar refractivity (Wildman–Crippen MR) is 86.8 cm³/mol. The number of nitrogens with zero attached hydrogens (tertiary/aromatic N) is 2. The zero-order valence-electron chi connectivity index (χ0n) is 11.8. The maximum absolute atomic E-state index is 12.0. The number of rotatable bonds is 7. The van der Waals surface area contributed by atoms with Gasteiger partial charge in [-0.25, -0.2) is 0 Å². The number of carbonyl (C=O) groups is 1. The topological polar surface area (TPSA) is 49.6 Å². The lowest BCUT2D eigenvalue weighted by molar-refractivity contribution is -0.130. The van der Waals surface area contributed by atoms with Crippen LogP contribution in [0.3, 0.4) is 0 Å². The van der Waals surface area contributed by atoms with Gasteiger partial charge in [-0.1, -0.05) is 36.0 Å². The van der Waals surface area contributed by atoms with Gasteiger partial charge in [-0.15, -0.1) is 0 Å². The average Bonchev–Trinajstić information content (AvgIpc) is 2.35. The molecule has 0 fully saturated rings. The number of thiocarbonyl (C=S) groups is 1. The average molecular weight is 314 g/mol. The Morgan fingerprint density at radius 3 is 2.70 bits per heavy atom. The molecule has 110 valence electrons. The number of carbonyl (C=O) groups excluding carboxylic acids is 1. The third kappa shape index (κ3) is 6.32. The predicted octanol–water partition coefficient (Wildman–Crippen LogP) is 1.91. The Morgan fingerprint density at radius 2 is 2.10 bits per heavy atom. The van der Waals surface area contributed by atoms with Gasteiger partial charge in [0.1, 0.15) is 0 Å². The number of hydrogen-bond donors (Lipinski definition) is 1. The fourth-order valence-corrected chi connectivity index (χ4v) is 2.06. The molecule has 4 nitrogen and oxygen atoms in total. The molecule has 0 spiro atoms. The summed E-state index contributed by atoms with van der Waals surface area (Å²) in [7, 11) is 3.66. The minimum atomic E-state index is 0.0470. The molecule has 1 aromatic carbocycles. The van der Waals surface area contributed by atoms with Crippen molar-refractivity contribution in [2.45, 2.75) is 13.0 Å². The second kappa shape index (κ2) is 8.19. The zero-order valence-corrected chi connectivity index (χ0v) is 13.4. The molecule has 0 aromatic heterocycles. The summed E-state index contributed by atoms with van der Waals surface area (Å²) >= 11 is 10.7. The first-order chi connectivity index (χ1) is 9.38. The van der Waals surface area contributed by atoms with Crippen molar-refractivity contribution in [2.24, 2.45) is 5.73 Å². The smallest absolute Gasteiger partial charge is 0.236 e. The third-order valence-electron chi connectivity index (χ3n) is 2.87. The van der Waals surface area contributed by atoms with Crippen molar-refractivity contribution in [1.29, 1.82) is 0 Å². The number of likely N-dealkylation sites (N-methyl/N-ethyl adjacent to an activating group) is 2. The van der Waals surface area contributed by atoms with Crippen molar-refractivity contribution >= 4 is 34.7 Å². The van der Waals surface area contributed by atoms with E-state index in [1.165, 1.54) is 0 Å². The SMILES string of the molecule is CN(CC(=O)N(C)CCC(N)=S)Cc1cccc(Cl)c1. The Bertz CT molecular complexity index is 481. The molecule has 6 heteroatoms. The van der Waals surface area contributed by atoms with Crippen LogP contribution < -0.4 is 5.73 Å². The van der Waals surface area contributed by atoms with Crippen LogP contribution >= 0.6 is 23.8 Å². The van der Waals surface area contributed by atoms with Crippen LogP contribution in [0.25, 0.3) is 0 Å². The van der Waals surface area contributed by atoms with E-state index in [0.717, 1.165) is 5.56 Å². The summed E-state index contributed by atoms with van der Waals surface area (Å²) in [6.07, 6.45) is 0.551. The molecule has 0 aliphatic heterocycles. The lowest BCUT2D eigenvalue weighted by atomic mass is 10.2. The fraction of sp³-hybridized carbons (Fsp3) is 0.429. The summed E-state index contributed by atoms with van der Waals surface area (Å²) < 4.78 is 0. The summed E-state index contributed by atoms with van der Waals surface area (Å²) in [6.45, 7) is 1.58. The van der Waals surface area contributed by atoms with Gasteiger partial charge in [0, 0.05) is 31.6 Å². The molecule has 0 radical (unpaired) electrons. The summed E-state index contributed by atoms with van der Waals surface area (Å²) in [5.74, 6) is 0.0470. The van der Waals surface area contributed by atoms with E-state index in [1.54, 1.807) is 11.9 Å². The number of halogens is 1. The van der Waals surface area contributed by atoms with Gasteiger partial charge in [-0.2, -0.15) is 0 Å². The van der Waals surface area contributed by atoms with Crippen LogP contribution in [0.1, 0.15) is 12.0 Å². The fourth-order valence-electron chi connectivity index (χ4n) is 1.76. The Labute approximate surface area is 130 Å². The number of amides is 1. The van der Waals surface area contributed by atoms with Crippen LogP contribution in [0.15, 0.2) is 24.3 Å². The summed E-state index contributed by atoms with van der Waals surface area (Å²) in [4.78, 5) is 16.0. The van der Waals surface area contributed by atoms with Crippen molar-refractivity contribution < 1.29 is 4.79 Å². The van der Waals surface area contributed by atoms with Gasteiger partial charge < -0.3 is 10.6 Å². The second-order valence-corrected chi connectivity index (χ2v) is 5.79. The molecule has 20 heavy (non-hydrogen) atoms.